The number of rotatable bonds is 3. The number of likely N-dealkylation sites (tertiary alicyclic amines) is 1. The molecule has 1 amide bonds. The van der Waals surface area contributed by atoms with Crippen molar-refractivity contribution in [2.75, 3.05) is 13.1 Å². The summed E-state index contributed by atoms with van der Waals surface area (Å²) < 4.78 is 0.682. The fraction of sp³-hybridized carbons (Fsp3) is 0.429. The van der Waals surface area contributed by atoms with Crippen LogP contribution < -0.4 is 0 Å². The average molecular weight is 342 g/mol. The molecule has 1 atom stereocenters. The molecule has 0 bridgehead atoms. The topological polar surface area (TPSA) is 77.8 Å². The minimum Gasteiger partial charge on any atom is -0.507 e. The Labute approximate surface area is 125 Å². The van der Waals surface area contributed by atoms with Crippen LogP contribution in [0.3, 0.4) is 0 Å². The zero-order valence-corrected chi connectivity index (χ0v) is 12.7. The molecule has 20 heavy (non-hydrogen) atoms. The van der Waals surface area contributed by atoms with Gasteiger partial charge in [0.05, 0.1) is 11.0 Å². The highest BCUT2D eigenvalue weighted by atomic mass is 79.9. The molecule has 6 heteroatoms. The summed E-state index contributed by atoms with van der Waals surface area (Å²) in [5, 5.41) is 19.2. The van der Waals surface area contributed by atoms with Crippen LogP contribution >= 0.6 is 15.9 Å². The predicted molar refractivity (Wildman–Crippen MR) is 76.7 cm³/mol. The van der Waals surface area contributed by atoms with Crippen molar-refractivity contribution in [2.45, 2.75) is 19.8 Å². The van der Waals surface area contributed by atoms with E-state index in [2.05, 4.69) is 15.9 Å². The Hall–Kier alpha value is -1.56. The second-order valence-corrected chi connectivity index (χ2v) is 5.99. The van der Waals surface area contributed by atoms with Crippen LogP contribution in [0.15, 0.2) is 22.7 Å². The Kier molecular flexibility index (Phi) is 4.04. The number of carbonyl (C=O) groups excluding carboxylic acids is 1. The lowest BCUT2D eigenvalue weighted by molar-refractivity contribution is -0.148. The summed E-state index contributed by atoms with van der Waals surface area (Å²) in [6, 6.07) is 4.66. The number of phenolic OH excluding ortho intramolecular Hbond substituents is 1. The highest BCUT2D eigenvalue weighted by Gasteiger charge is 2.45. The summed E-state index contributed by atoms with van der Waals surface area (Å²) in [4.78, 5) is 25.2. The smallest absolute Gasteiger partial charge is 0.311 e. The van der Waals surface area contributed by atoms with Crippen LogP contribution in [0.25, 0.3) is 0 Å². The second kappa shape index (κ2) is 5.44. The van der Waals surface area contributed by atoms with E-state index >= 15 is 0 Å². The van der Waals surface area contributed by atoms with Gasteiger partial charge in [-0.05, 0) is 31.0 Å². The van der Waals surface area contributed by atoms with Crippen molar-refractivity contribution >= 4 is 27.8 Å². The first-order chi connectivity index (χ1) is 9.39. The molecule has 0 aromatic heterocycles. The number of amides is 1. The number of aromatic hydroxyl groups is 1. The van der Waals surface area contributed by atoms with E-state index in [4.69, 9.17) is 0 Å². The van der Waals surface area contributed by atoms with Crippen LogP contribution in [-0.2, 0) is 4.79 Å². The van der Waals surface area contributed by atoms with Gasteiger partial charge in [-0.1, -0.05) is 22.9 Å². The van der Waals surface area contributed by atoms with E-state index < -0.39 is 11.4 Å². The van der Waals surface area contributed by atoms with Gasteiger partial charge < -0.3 is 15.1 Å². The lowest BCUT2D eigenvalue weighted by Crippen LogP contribution is -2.36. The number of nitrogens with zero attached hydrogens (tertiary/aromatic N) is 1. The Morgan fingerprint density at radius 1 is 1.45 bits per heavy atom. The Bertz CT molecular complexity index is 560. The number of hydrogen-bond acceptors (Lipinski definition) is 3. The Morgan fingerprint density at radius 2 is 2.15 bits per heavy atom. The molecular formula is C14H16BrNO4. The molecule has 1 saturated heterocycles. The molecule has 108 valence electrons. The predicted octanol–water partition coefficient (Wildman–Crippen LogP) is 2.48. The minimum atomic E-state index is -0.865. The van der Waals surface area contributed by atoms with Gasteiger partial charge in [-0.3, -0.25) is 9.59 Å². The minimum absolute atomic E-state index is 0.103. The zero-order valence-electron chi connectivity index (χ0n) is 11.1. The third-order valence-corrected chi connectivity index (χ3v) is 4.45. The van der Waals surface area contributed by atoms with Crippen LogP contribution in [0.4, 0.5) is 0 Å². The van der Waals surface area contributed by atoms with Gasteiger partial charge in [-0.25, -0.2) is 0 Å². The molecule has 1 aromatic rings. The van der Waals surface area contributed by atoms with Gasteiger partial charge >= 0.3 is 5.97 Å². The molecule has 5 nitrogen and oxygen atoms in total. The number of carbonyl (C=O) groups is 2. The standard InChI is InChI=1S/C14H16BrNO4/c1-2-14(13(19)20)5-6-16(8-14)12(18)10-4-3-9(15)7-11(10)17/h3-4,7,17H,2,5-6,8H2,1H3,(H,19,20). The number of halogens is 1. The van der Waals surface area contributed by atoms with Crippen LogP contribution in [0, 0.1) is 5.41 Å². The fourth-order valence-electron chi connectivity index (χ4n) is 2.52. The SMILES string of the molecule is CCC1(C(=O)O)CCN(C(=O)c2ccc(Br)cc2O)C1. The molecule has 1 unspecified atom stereocenters. The van der Waals surface area contributed by atoms with Crippen molar-refractivity contribution < 1.29 is 19.8 Å². The first kappa shape index (κ1) is 14.8. The number of carboxylic acid groups (broad SMARTS) is 1. The molecular weight excluding hydrogens is 326 g/mol. The average Bonchev–Trinajstić information content (AvgIpc) is 2.83. The largest absolute Gasteiger partial charge is 0.507 e. The number of aliphatic carboxylic acids is 1. The highest BCUT2D eigenvalue weighted by molar-refractivity contribution is 9.10. The molecule has 1 aromatic carbocycles. The molecule has 0 spiro atoms. The summed E-state index contributed by atoms with van der Waals surface area (Å²) in [5.74, 6) is -1.30. The molecule has 2 rings (SSSR count). The van der Waals surface area contributed by atoms with Crippen molar-refractivity contribution in [3.8, 4) is 5.75 Å². The number of carboxylic acids is 1. The van der Waals surface area contributed by atoms with Crippen LogP contribution in [0.5, 0.6) is 5.75 Å². The Balaban J connectivity index is 2.21. The lowest BCUT2D eigenvalue weighted by Gasteiger charge is -2.23. The van der Waals surface area contributed by atoms with Crippen molar-refractivity contribution in [3.05, 3.63) is 28.2 Å². The normalized spacial score (nSPS) is 22.0. The molecule has 0 radical (unpaired) electrons. The summed E-state index contributed by atoms with van der Waals surface area (Å²) in [7, 11) is 0. The third-order valence-electron chi connectivity index (χ3n) is 3.96. The maximum atomic E-state index is 12.4. The molecule has 1 aliphatic heterocycles. The molecule has 1 aliphatic rings. The van der Waals surface area contributed by atoms with E-state index in [-0.39, 0.29) is 23.8 Å². The molecule has 0 saturated carbocycles. The van der Waals surface area contributed by atoms with Gasteiger partial charge in [-0.2, -0.15) is 0 Å². The quantitative estimate of drug-likeness (QED) is 0.885. The first-order valence-corrected chi connectivity index (χ1v) is 7.20. The third kappa shape index (κ3) is 2.52. The van der Waals surface area contributed by atoms with E-state index in [1.807, 2.05) is 6.92 Å². The number of phenols is 1. The second-order valence-electron chi connectivity index (χ2n) is 5.08. The van der Waals surface area contributed by atoms with E-state index in [9.17, 15) is 19.8 Å². The van der Waals surface area contributed by atoms with Crippen molar-refractivity contribution in [3.63, 3.8) is 0 Å². The van der Waals surface area contributed by atoms with Crippen LogP contribution in [0.1, 0.15) is 30.1 Å². The fourth-order valence-corrected chi connectivity index (χ4v) is 2.87. The van der Waals surface area contributed by atoms with Gasteiger partial charge in [0.15, 0.2) is 0 Å². The van der Waals surface area contributed by atoms with Crippen molar-refractivity contribution in [1.82, 2.24) is 4.90 Å². The molecule has 1 heterocycles. The van der Waals surface area contributed by atoms with Gasteiger partial charge in [-0.15, -0.1) is 0 Å². The summed E-state index contributed by atoms with van der Waals surface area (Å²) in [6.45, 7) is 2.40. The van der Waals surface area contributed by atoms with Crippen molar-refractivity contribution in [1.29, 1.82) is 0 Å². The summed E-state index contributed by atoms with van der Waals surface area (Å²) in [6.07, 6.45) is 0.931. The zero-order chi connectivity index (χ0) is 14.9. The Morgan fingerprint density at radius 3 is 2.65 bits per heavy atom. The van der Waals surface area contributed by atoms with E-state index in [0.717, 1.165) is 0 Å². The van der Waals surface area contributed by atoms with Gasteiger partial charge in [0.25, 0.3) is 5.91 Å². The monoisotopic (exact) mass is 341 g/mol. The summed E-state index contributed by atoms with van der Waals surface area (Å²) >= 11 is 3.21. The maximum Gasteiger partial charge on any atom is 0.311 e. The van der Waals surface area contributed by atoms with Gasteiger partial charge in [0, 0.05) is 17.6 Å². The van der Waals surface area contributed by atoms with Gasteiger partial charge in [0.2, 0.25) is 0 Å². The first-order valence-electron chi connectivity index (χ1n) is 6.41. The van der Waals surface area contributed by atoms with Crippen LogP contribution in [0.2, 0.25) is 0 Å². The molecule has 1 fully saturated rings. The number of benzene rings is 1. The van der Waals surface area contributed by atoms with E-state index in [1.54, 1.807) is 6.07 Å². The lowest BCUT2D eigenvalue weighted by atomic mass is 9.84. The van der Waals surface area contributed by atoms with Crippen molar-refractivity contribution in [2.24, 2.45) is 5.41 Å². The highest BCUT2D eigenvalue weighted by Crippen LogP contribution is 2.35. The van der Waals surface area contributed by atoms with E-state index in [0.29, 0.717) is 23.9 Å². The maximum absolute atomic E-state index is 12.4. The summed E-state index contributed by atoms with van der Waals surface area (Å²) in [5.41, 5.74) is -0.661. The van der Waals surface area contributed by atoms with E-state index in [1.165, 1.54) is 17.0 Å². The number of hydrogen-bond donors (Lipinski definition) is 2. The van der Waals surface area contributed by atoms with Gasteiger partial charge in [0.1, 0.15) is 5.75 Å². The molecule has 0 aliphatic carbocycles. The molecule has 2 N–H and O–H groups in total. The van der Waals surface area contributed by atoms with Crippen LogP contribution in [-0.4, -0.2) is 40.1 Å².